The van der Waals surface area contributed by atoms with E-state index in [1.54, 1.807) is 6.20 Å². The Hall–Kier alpha value is -1.13. The van der Waals surface area contributed by atoms with Crippen LogP contribution in [0.15, 0.2) is 18.5 Å². The number of pyridine rings is 1. The molecule has 0 saturated carbocycles. The summed E-state index contributed by atoms with van der Waals surface area (Å²) in [7, 11) is 1.98. The minimum absolute atomic E-state index is 0.131. The number of ether oxygens (including phenoxy) is 2. The van der Waals surface area contributed by atoms with Gasteiger partial charge in [-0.1, -0.05) is 0 Å². The first-order valence-electron chi connectivity index (χ1n) is 7.48. The molecule has 4 nitrogen and oxygen atoms in total. The van der Waals surface area contributed by atoms with Crippen molar-refractivity contribution in [3.63, 3.8) is 0 Å². The smallest absolute Gasteiger partial charge is 0.138 e. The van der Waals surface area contributed by atoms with E-state index in [0.717, 1.165) is 30.8 Å². The molecule has 1 aromatic rings. The van der Waals surface area contributed by atoms with Crippen molar-refractivity contribution in [2.45, 2.75) is 57.8 Å². The zero-order valence-corrected chi connectivity index (χ0v) is 13.0. The number of hydrogen-bond acceptors (Lipinski definition) is 4. The summed E-state index contributed by atoms with van der Waals surface area (Å²) in [4.78, 5) is 4.31. The van der Waals surface area contributed by atoms with Gasteiger partial charge in [-0.15, -0.1) is 0 Å². The van der Waals surface area contributed by atoms with Gasteiger partial charge in [-0.25, -0.2) is 0 Å². The van der Waals surface area contributed by atoms with Crippen molar-refractivity contribution in [1.29, 1.82) is 0 Å². The largest absolute Gasteiger partial charge is 0.489 e. The van der Waals surface area contributed by atoms with Gasteiger partial charge in [-0.3, -0.25) is 4.98 Å². The van der Waals surface area contributed by atoms with Crippen LogP contribution in [0, 0.1) is 0 Å². The summed E-state index contributed by atoms with van der Waals surface area (Å²) in [6, 6.07) is 2.20. The quantitative estimate of drug-likeness (QED) is 0.899. The molecule has 0 aliphatic carbocycles. The molecule has 20 heavy (non-hydrogen) atoms. The third-order valence-corrected chi connectivity index (χ3v) is 3.84. The van der Waals surface area contributed by atoms with Crippen molar-refractivity contribution in [2.75, 3.05) is 13.7 Å². The maximum Gasteiger partial charge on any atom is 0.138 e. The summed E-state index contributed by atoms with van der Waals surface area (Å²) >= 11 is 0. The molecule has 1 aromatic heterocycles. The molecule has 2 unspecified atom stereocenters. The molecule has 1 aliphatic rings. The van der Waals surface area contributed by atoms with Crippen LogP contribution in [0.1, 0.15) is 51.6 Å². The monoisotopic (exact) mass is 278 g/mol. The molecule has 2 atom stereocenters. The molecule has 0 spiro atoms. The Kier molecular flexibility index (Phi) is 5.00. The fourth-order valence-electron chi connectivity index (χ4n) is 2.94. The lowest BCUT2D eigenvalue weighted by Gasteiger charge is -2.40. The van der Waals surface area contributed by atoms with E-state index >= 15 is 0 Å². The van der Waals surface area contributed by atoms with Crippen LogP contribution < -0.4 is 10.1 Å². The summed E-state index contributed by atoms with van der Waals surface area (Å²) in [6.07, 6.45) is 7.25. The Morgan fingerprint density at radius 2 is 2.15 bits per heavy atom. The Labute approximate surface area is 121 Å². The van der Waals surface area contributed by atoms with Crippen molar-refractivity contribution in [3.05, 3.63) is 24.0 Å². The normalized spacial score (nSPS) is 24.6. The number of nitrogens with one attached hydrogen (secondary N) is 1. The molecule has 0 aromatic carbocycles. The standard InChI is InChI=1S/C16H26N2O2/c1-12(2)20-14-9-13(10-18-11-14)15(17-4)16(3)7-5-6-8-19-16/h9-12,15,17H,5-8H2,1-4H3. The van der Waals surface area contributed by atoms with Crippen LogP contribution in [0.4, 0.5) is 0 Å². The van der Waals surface area contributed by atoms with Crippen molar-refractivity contribution in [2.24, 2.45) is 0 Å². The lowest BCUT2D eigenvalue weighted by atomic mass is 9.84. The summed E-state index contributed by atoms with van der Waals surface area (Å²) in [6.45, 7) is 7.06. The van der Waals surface area contributed by atoms with E-state index in [-0.39, 0.29) is 17.7 Å². The van der Waals surface area contributed by atoms with E-state index in [1.807, 2.05) is 27.1 Å². The fraction of sp³-hybridized carbons (Fsp3) is 0.688. The predicted molar refractivity (Wildman–Crippen MR) is 80.0 cm³/mol. The third kappa shape index (κ3) is 3.49. The van der Waals surface area contributed by atoms with Gasteiger partial charge in [-0.2, -0.15) is 0 Å². The molecule has 1 saturated heterocycles. The van der Waals surface area contributed by atoms with Gasteiger partial charge in [-0.05, 0) is 58.7 Å². The molecule has 1 N–H and O–H groups in total. The van der Waals surface area contributed by atoms with Crippen LogP contribution in [0.2, 0.25) is 0 Å². The van der Waals surface area contributed by atoms with Crippen LogP contribution in [0.25, 0.3) is 0 Å². The molecule has 2 heterocycles. The van der Waals surface area contributed by atoms with Crippen LogP contribution in [-0.4, -0.2) is 30.3 Å². The van der Waals surface area contributed by atoms with E-state index in [9.17, 15) is 0 Å². The highest BCUT2D eigenvalue weighted by molar-refractivity contribution is 5.28. The molecule has 0 radical (unpaired) electrons. The molecular formula is C16H26N2O2. The molecule has 1 fully saturated rings. The summed E-state index contributed by atoms with van der Waals surface area (Å²) < 4.78 is 11.8. The van der Waals surface area contributed by atoms with Gasteiger partial charge in [0.2, 0.25) is 0 Å². The fourth-order valence-corrected chi connectivity index (χ4v) is 2.94. The van der Waals surface area contributed by atoms with Gasteiger partial charge < -0.3 is 14.8 Å². The molecule has 0 bridgehead atoms. The van der Waals surface area contributed by atoms with Gasteiger partial charge in [0.25, 0.3) is 0 Å². The third-order valence-electron chi connectivity index (χ3n) is 3.84. The van der Waals surface area contributed by atoms with E-state index < -0.39 is 0 Å². The van der Waals surface area contributed by atoms with Crippen molar-refractivity contribution >= 4 is 0 Å². The van der Waals surface area contributed by atoms with Crippen molar-refractivity contribution in [3.8, 4) is 5.75 Å². The van der Waals surface area contributed by atoms with Gasteiger partial charge in [0.15, 0.2) is 0 Å². The molecule has 1 aliphatic heterocycles. The lowest BCUT2D eigenvalue weighted by Crippen LogP contribution is -2.44. The van der Waals surface area contributed by atoms with Gasteiger partial charge in [0.1, 0.15) is 5.75 Å². The van der Waals surface area contributed by atoms with Crippen LogP contribution in [0.3, 0.4) is 0 Å². The zero-order valence-electron chi connectivity index (χ0n) is 13.0. The summed E-state index contributed by atoms with van der Waals surface area (Å²) in [5, 5.41) is 3.39. The van der Waals surface area contributed by atoms with E-state index in [4.69, 9.17) is 9.47 Å². The Morgan fingerprint density at radius 1 is 1.35 bits per heavy atom. The second-order valence-electron chi connectivity index (χ2n) is 5.96. The van der Waals surface area contributed by atoms with Gasteiger partial charge in [0.05, 0.1) is 23.9 Å². The Bertz CT molecular complexity index is 428. The second-order valence-corrected chi connectivity index (χ2v) is 5.96. The minimum Gasteiger partial charge on any atom is -0.489 e. The van der Waals surface area contributed by atoms with Crippen LogP contribution >= 0.6 is 0 Å². The highest BCUT2D eigenvalue weighted by Gasteiger charge is 2.37. The number of hydrogen-bond donors (Lipinski definition) is 1. The van der Waals surface area contributed by atoms with Crippen LogP contribution in [0.5, 0.6) is 5.75 Å². The molecule has 112 valence electrons. The maximum atomic E-state index is 6.06. The number of rotatable bonds is 5. The average molecular weight is 278 g/mol. The number of aromatic nitrogens is 1. The predicted octanol–water partition coefficient (Wildman–Crippen LogP) is 3.09. The highest BCUT2D eigenvalue weighted by Crippen LogP contribution is 2.36. The lowest BCUT2D eigenvalue weighted by molar-refractivity contribution is -0.0885. The van der Waals surface area contributed by atoms with E-state index in [2.05, 4.69) is 23.3 Å². The second kappa shape index (κ2) is 6.55. The Morgan fingerprint density at radius 3 is 2.75 bits per heavy atom. The topological polar surface area (TPSA) is 43.4 Å². The average Bonchev–Trinajstić information content (AvgIpc) is 2.39. The SMILES string of the molecule is CNC(c1cncc(OC(C)C)c1)C1(C)CCCCO1. The van der Waals surface area contributed by atoms with Gasteiger partial charge in [0, 0.05) is 12.8 Å². The number of likely N-dealkylation sites (N-methyl/N-ethyl adjacent to an activating group) is 1. The van der Waals surface area contributed by atoms with Crippen LogP contribution in [-0.2, 0) is 4.74 Å². The first-order chi connectivity index (χ1) is 9.55. The number of nitrogens with zero attached hydrogens (tertiary/aromatic N) is 1. The minimum atomic E-state index is -0.175. The zero-order chi connectivity index (χ0) is 14.6. The van der Waals surface area contributed by atoms with E-state index in [1.165, 1.54) is 6.42 Å². The highest BCUT2D eigenvalue weighted by atomic mass is 16.5. The van der Waals surface area contributed by atoms with E-state index in [0.29, 0.717) is 0 Å². The maximum absolute atomic E-state index is 6.06. The molecule has 2 rings (SSSR count). The Balaban J connectivity index is 2.22. The van der Waals surface area contributed by atoms with Gasteiger partial charge >= 0.3 is 0 Å². The molecular weight excluding hydrogens is 252 g/mol. The summed E-state index contributed by atoms with van der Waals surface area (Å²) in [5.74, 6) is 0.817. The molecule has 0 amide bonds. The van der Waals surface area contributed by atoms with Crippen molar-refractivity contribution in [1.82, 2.24) is 10.3 Å². The molecule has 4 heteroatoms. The summed E-state index contributed by atoms with van der Waals surface area (Å²) in [5.41, 5.74) is 0.945. The first-order valence-corrected chi connectivity index (χ1v) is 7.48. The first kappa shape index (κ1) is 15.3. The van der Waals surface area contributed by atoms with Crippen molar-refractivity contribution < 1.29 is 9.47 Å².